The molecule has 0 fully saturated rings. The average Bonchev–Trinajstić information content (AvgIpc) is 2.15. The second-order valence-corrected chi connectivity index (χ2v) is 7.27. The Morgan fingerprint density at radius 1 is 1.38 bits per heavy atom. The molecule has 0 heterocycles. The van der Waals surface area contributed by atoms with Crippen molar-refractivity contribution in [3.05, 3.63) is 28.2 Å². The van der Waals surface area contributed by atoms with E-state index in [-0.39, 0.29) is 11.5 Å². The molecule has 0 aliphatic carbocycles. The zero-order chi connectivity index (χ0) is 12.6. The second kappa shape index (κ2) is 4.47. The van der Waals surface area contributed by atoms with Gasteiger partial charge in [-0.25, -0.2) is 8.42 Å². The summed E-state index contributed by atoms with van der Waals surface area (Å²) in [7, 11) is -3.29. The molecule has 0 amide bonds. The minimum absolute atomic E-state index is 0.113. The standard InChI is InChI=1S/C11H15BrO3S/c1-11(2,7-13)10-8(12)5-4-6-9(10)16(3,14)15/h4-6,13H,7H2,1-3H3. The van der Waals surface area contributed by atoms with Gasteiger partial charge in [0, 0.05) is 16.1 Å². The van der Waals surface area contributed by atoms with Gasteiger partial charge in [-0.2, -0.15) is 0 Å². The summed E-state index contributed by atoms with van der Waals surface area (Å²) in [6, 6.07) is 5.02. The van der Waals surface area contributed by atoms with Gasteiger partial charge in [0.25, 0.3) is 0 Å². The summed E-state index contributed by atoms with van der Waals surface area (Å²) < 4.78 is 24.0. The molecule has 16 heavy (non-hydrogen) atoms. The van der Waals surface area contributed by atoms with Crippen molar-refractivity contribution in [1.82, 2.24) is 0 Å². The van der Waals surface area contributed by atoms with Crippen molar-refractivity contribution in [1.29, 1.82) is 0 Å². The highest BCUT2D eigenvalue weighted by molar-refractivity contribution is 9.10. The smallest absolute Gasteiger partial charge is 0.175 e. The summed E-state index contributed by atoms with van der Waals surface area (Å²) in [6.07, 6.45) is 1.17. The number of benzene rings is 1. The lowest BCUT2D eigenvalue weighted by Crippen LogP contribution is -2.25. The van der Waals surface area contributed by atoms with Gasteiger partial charge in [-0.1, -0.05) is 35.8 Å². The van der Waals surface area contributed by atoms with Crippen molar-refractivity contribution in [3.63, 3.8) is 0 Å². The van der Waals surface area contributed by atoms with E-state index in [0.29, 0.717) is 10.0 Å². The minimum atomic E-state index is -3.29. The molecule has 0 aliphatic heterocycles. The lowest BCUT2D eigenvalue weighted by atomic mass is 9.85. The first-order valence-corrected chi connectivity index (χ1v) is 7.48. The number of hydrogen-bond donors (Lipinski definition) is 1. The molecule has 0 atom stereocenters. The van der Waals surface area contributed by atoms with Crippen LogP contribution in [-0.2, 0) is 15.3 Å². The van der Waals surface area contributed by atoms with Crippen LogP contribution in [0.2, 0.25) is 0 Å². The number of aliphatic hydroxyl groups excluding tert-OH is 1. The Morgan fingerprint density at radius 2 is 1.94 bits per heavy atom. The zero-order valence-electron chi connectivity index (χ0n) is 9.49. The van der Waals surface area contributed by atoms with Crippen molar-refractivity contribution < 1.29 is 13.5 Å². The second-order valence-electron chi connectivity index (χ2n) is 4.43. The van der Waals surface area contributed by atoms with Gasteiger partial charge < -0.3 is 5.11 Å². The van der Waals surface area contributed by atoms with E-state index in [0.717, 1.165) is 0 Å². The minimum Gasteiger partial charge on any atom is -0.395 e. The number of rotatable bonds is 3. The Kier molecular flexibility index (Phi) is 3.82. The van der Waals surface area contributed by atoms with Crippen LogP contribution in [0.5, 0.6) is 0 Å². The highest BCUT2D eigenvalue weighted by atomic mass is 79.9. The first-order valence-electron chi connectivity index (χ1n) is 4.80. The molecule has 5 heteroatoms. The maximum atomic E-state index is 11.7. The predicted octanol–water partition coefficient (Wildman–Crippen LogP) is 2.12. The fourth-order valence-corrected chi connectivity index (χ4v) is 3.67. The molecule has 0 saturated carbocycles. The van der Waals surface area contributed by atoms with Gasteiger partial charge in [-0.05, 0) is 17.7 Å². The molecule has 0 saturated heterocycles. The molecule has 90 valence electrons. The molecule has 1 N–H and O–H groups in total. The van der Waals surface area contributed by atoms with Gasteiger partial charge in [0.1, 0.15) is 0 Å². The van der Waals surface area contributed by atoms with E-state index < -0.39 is 15.3 Å². The molecule has 0 bridgehead atoms. The van der Waals surface area contributed by atoms with Gasteiger partial charge in [-0.15, -0.1) is 0 Å². The van der Waals surface area contributed by atoms with E-state index in [1.165, 1.54) is 6.26 Å². The zero-order valence-corrected chi connectivity index (χ0v) is 11.9. The van der Waals surface area contributed by atoms with Crippen LogP contribution in [0, 0.1) is 0 Å². The molecular weight excluding hydrogens is 292 g/mol. The van der Waals surface area contributed by atoms with Crippen molar-refractivity contribution in [3.8, 4) is 0 Å². The first-order chi connectivity index (χ1) is 7.20. The van der Waals surface area contributed by atoms with Gasteiger partial charge in [0.05, 0.1) is 11.5 Å². The predicted molar refractivity (Wildman–Crippen MR) is 67.4 cm³/mol. The molecule has 0 spiro atoms. The molecule has 0 unspecified atom stereocenters. The van der Waals surface area contributed by atoms with Crippen LogP contribution >= 0.6 is 15.9 Å². The lowest BCUT2D eigenvalue weighted by molar-refractivity contribution is 0.216. The summed E-state index contributed by atoms with van der Waals surface area (Å²) in [6.45, 7) is 3.50. The van der Waals surface area contributed by atoms with E-state index in [9.17, 15) is 13.5 Å². The van der Waals surface area contributed by atoms with Gasteiger partial charge in [0.15, 0.2) is 9.84 Å². The van der Waals surface area contributed by atoms with Gasteiger partial charge in [-0.3, -0.25) is 0 Å². The summed E-state index contributed by atoms with van der Waals surface area (Å²) in [5.41, 5.74) is 0.0263. The molecule has 3 nitrogen and oxygen atoms in total. The highest BCUT2D eigenvalue weighted by Gasteiger charge is 2.28. The van der Waals surface area contributed by atoms with Crippen LogP contribution < -0.4 is 0 Å². The molecule has 1 aromatic carbocycles. The quantitative estimate of drug-likeness (QED) is 0.930. The molecule has 0 aliphatic rings. The first kappa shape index (κ1) is 13.7. The van der Waals surface area contributed by atoms with Crippen LogP contribution in [0.3, 0.4) is 0 Å². The fourth-order valence-electron chi connectivity index (χ4n) is 1.55. The number of aliphatic hydroxyl groups is 1. The van der Waals surface area contributed by atoms with Crippen molar-refractivity contribution in [2.45, 2.75) is 24.2 Å². The van der Waals surface area contributed by atoms with E-state index in [1.54, 1.807) is 18.2 Å². The van der Waals surface area contributed by atoms with Crippen molar-refractivity contribution in [2.24, 2.45) is 0 Å². The van der Waals surface area contributed by atoms with Crippen molar-refractivity contribution in [2.75, 3.05) is 12.9 Å². The third kappa shape index (κ3) is 2.64. The SMILES string of the molecule is CC(C)(CO)c1c(Br)cccc1S(C)(=O)=O. The third-order valence-corrected chi connectivity index (χ3v) is 4.25. The van der Waals surface area contributed by atoms with E-state index in [2.05, 4.69) is 15.9 Å². The summed E-state index contributed by atoms with van der Waals surface area (Å²) in [5.74, 6) is 0. The number of halogens is 1. The van der Waals surface area contributed by atoms with E-state index in [4.69, 9.17) is 0 Å². The largest absolute Gasteiger partial charge is 0.395 e. The molecule has 0 aromatic heterocycles. The summed E-state index contributed by atoms with van der Waals surface area (Å²) in [4.78, 5) is 0.265. The van der Waals surface area contributed by atoms with Crippen molar-refractivity contribution >= 4 is 25.8 Å². The Hall–Kier alpha value is -0.390. The van der Waals surface area contributed by atoms with Crippen LogP contribution in [-0.4, -0.2) is 26.4 Å². The molecule has 1 rings (SSSR count). The Bertz CT molecular complexity index is 492. The summed E-state index contributed by atoms with van der Waals surface area (Å²) >= 11 is 3.34. The third-order valence-electron chi connectivity index (χ3n) is 2.45. The molecular formula is C11H15BrO3S. The van der Waals surface area contributed by atoms with Crippen LogP contribution in [0.25, 0.3) is 0 Å². The molecule has 1 aromatic rings. The normalized spacial score (nSPS) is 12.8. The van der Waals surface area contributed by atoms with Gasteiger partial charge >= 0.3 is 0 Å². The van der Waals surface area contributed by atoms with E-state index in [1.807, 2.05) is 13.8 Å². The van der Waals surface area contributed by atoms with E-state index >= 15 is 0 Å². The number of sulfone groups is 1. The fraction of sp³-hybridized carbons (Fsp3) is 0.455. The molecule has 0 radical (unpaired) electrons. The topological polar surface area (TPSA) is 54.4 Å². The maximum Gasteiger partial charge on any atom is 0.175 e. The highest BCUT2D eigenvalue weighted by Crippen LogP contribution is 2.34. The van der Waals surface area contributed by atoms with Crippen LogP contribution in [0.1, 0.15) is 19.4 Å². The van der Waals surface area contributed by atoms with Gasteiger partial charge in [0.2, 0.25) is 0 Å². The Morgan fingerprint density at radius 3 is 2.38 bits per heavy atom. The van der Waals surface area contributed by atoms with Crippen LogP contribution in [0.15, 0.2) is 27.6 Å². The Balaban J connectivity index is 3.61. The average molecular weight is 307 g/mol. The van der Waals surface area contributed by atoms with Crippen LogP contribution in [0.4, 0.5) is 0 Å². The Labute approximate surface area is 105 Å². The maximum absolute atomic E-state index is 11.7. The monoisotopic (exact) mass is 306 g/mol. The summed E-state index contributed by atoms with van der Waals surface area (Å²) in [5, 5.41) is 9.35. The lowest BCUT2D eigenvalue weighted by Gasteiger charge is -2.26. The number of hydrogen-bond acceptors (Lipinski definition) is 3.